The van der Waals surface area contributed by atoms with Crippen LogP contribution in [0.1, 0.15) is 119 Å². The van der Waals surface area contributed by atoms with Gasteiger partial charge in [0.25, 0.3) is 0 Å². The maximum Gasteiger partial charge on any atom is 0.400 e. The lowest BCUT2D eigenvalue weighted by Gasteiger charge is -2.59. The largest absolute Gasteiger partial charge is 0.400 e. The number of aliphatic hydroxyl groups is 1. The number of carbonyl (C=O) groups excluding carboxylic acids is 1. The van der Waals surface area contributed by atoms with Crippen LogP contribution in [0.15, 0.2) is 12.2 Å². The second kappa shape index (κ2) is 17.9. The van der Waals surface area contributed by atoms with Crippen molar-refractivity contribution in [2.45, 2.75) is 257 Å². The van der Waals surface area contributed by atoms with Crippen molar-refractivity contribution in [2.75, 3.05) is 6.61 Å². The average Bonchev–Trinajstić information content (AvgIpc) is 3.44. The van der Waals surface area contributed by atoms with Crippen molar-refractivity contribution in [3.8, 4) is 0 Å². The van der Waals surface area contributed by atoms with Crippen LogP contribution in [-0.2, 0) is 86.1 Å². The minimum absolute atomic E-state index is 0.000839. The number of fused-ring (bicyclic) bond motifs is 10. The third kappa shape index (κ3) is 9.21. The third-order valence-corrected chi connectivity index (χ3v) is 19.0. The van der Waals surface area contributed by atoms with Gasteiger partial charge in [0.1, 0.15) is 23.9 Å². The first-order valence-corrected chi connectivity index (χ1v) is 28.0. The lowest BCUT2D eigenvalue weighted by molar-refractivity contribution is -0.359. The van der Waals surface area contributed by atoms with Gasteiger partial charge in [-0.1, -0.05) is 13.5 Å². The van der Waals surface area contributed by atoms with Crippen LogP contribution in [0.3, 0.4) is 0 Å². The summed E-state index contributed by atoms with van der Waals surface area (Å²) in [5.41, 5.74) is -1.74. The minimum atomic E-state index is -5.00. The average molecular weight is 1040 g/mol. The number of aliphatic hydroxyl groups excluding tert-OH is 1. The zero-order valence-electron chi connectivity index (χ0n) is 40.5. The van der Waals surface area contributed by atoms with E-state index in [0.29, 0.717) is 69.8 Å². The van der Waals surface area contributed by atoms with Crippen LogP contribution >= 0.6 is 0 Å². The highest BCUT2D eigenvalue weighted by Crippen LogP contribution is 2.54. The molecule has 0 aromatic rings. The molecular weight excluding hydrogens is 965 g/mol. The Bertz CT molecular complexity index is 2270. The predicted octanol–water partition coefficient (Wildman–Crippen LogP) is 3.02. The molecule has 11 rings (SSSR count). The summed E-state index contributed by atoms with van der Waals surface area (Å²) < 4.78 is 149. The normalized spacial score (nSPS) is 54.3. The smallest absolute Gasteiger partial charge is 0.387 e. The second-order valence-electron chi connectivity index (χ2n) is 23.0. The highest BCUT2D eigenvalue weighted by atomic mass is 32.3. The van der Waals surface area contributed by atoms with Gasteiger partial charge in [0.2, 0.25) is 0 Å². The van der Waals surface area contributed by atoms with E-state index >= 15 is 0 Å². The van der Waals surface area contributed by atoms with Gasteiger partial charge in [-0.2, -0.15) is 16.8 Å². The van der Waals surface area contributed by atoms with Gasteiger partial charge in [-0.15, -0.1) is 0 Å². The zero-order chi connectivity index (χ0) is 49.7. The lowest BCUT2D eigenvalue weighted by atomic mass is 9.74. The molecule has 70 heavy (non-hydrogen) atoms. The number of hydrogen-bond acceptors (Lipinski definition) is 19. The van der Waals surface area contributed by atoms with Crippen molar-refractivity contribution in [3.63, 3.8) is 0 Å². The van der Waals surface area contributed by atoms with E-state index in [9.17, 15) is 31.3 Å². The SMILES string of the molecule is C=C1C[C@@H]2O[C@@]3(C)[C@H](C[C@H]2OC1C(C)=O)O[C@@H]1C[C@@H]2O[C@@H]4C[C@@H]5O[C@@H]6C[C@@H]7O[C@@H]8C[C@@H]9O[C@](C)(OS(=O)(=O)O)[C@@H](CCOS(=O)(=O)O)C[C@H]9O[C@H]8C[C@H]7O[C@H]6CC[C@@]5(C)O[C@@]4(C)C[C@H](C)[C@H]2O[C@H]1[C@H]3O. The number of ether oxygens (including phenoxy) is 11. The summed E-state index contributed by atoms with van der Waals surface area (Å²) in [6, 6.07) is 0. The Morgan fingerprint density at radius 1 is 0.657 bits per heavy atom. The van der Waals surface area contributed by atoms with Crippen LogP contribution in [0.2, 0.25) is 0 Å². The van der Waals surface area contributed by atoms with E-state index in [0.717, 1.165) is 0 Å². The van der Waals surface area contributed by atoms with E-state index < -0.39 is 105 Å². The monoisotopic (exact) mass is 1030 g/mol. The number of carbonyl (C=O) groups is 1. The molecule has 3 N–H and O–H groups in total. The molecule has 11 heterocycles. The molecule has 0 aromatic heterocycles. The summed E-state index contributed by atoms with van der Waals surface area (Å²) in [7, 11) is -9.76. The molecule has 25 atom stereocenters. The quantitative estimate of drug-likeness (QED) is 0.244. The van der Waals surface area contributed by atoms with E-state index in [2.05, 4.69) is 31.5 Å². The van der Waals surface area contributed by atoms with Crippen LogP contribution in [0.5, 0.6) is 0 Å². The summed E-state index contributed by atoms with van der Waals surface area (Å²) in [6.45, 7) is 14.8. The summed E-state index contributed by atoms with van der Waals surface area (Å²) in [6.07, 6.45) is -3.13. The molecule has 396 valence electrons. The molecule has 0 radical (unpaired) electrons. The van der Waals surface area contributed by atoms with Crippen LogP contribution in [-0.4, -0.2) is 182 Å². The minimum Gasteiger partial charge on any atom is -0.387 e. The van der Waals surface area contributed by atoms with Gasteiger partial charge in [0.05, 0.1) is 115 Å². The van der Waals surface area contributed by atoms with Gasteiger partial charge >= 0.3 is 20.8 Å². The van der Waals surface area contributed by atoms with E-state index in [1.807, 2.05) is 6.92 Å². The fourth-order valence-electron chi connectivity index (χ4n) is 14.7. The summed E-state index contributed by atoms with van der Waals surface area (Å²) in [4.78, 5) is 12.4. The molecular formula is C47H70O21S2. The maximum absolute atomic E-state index is 12.4. The topological polar surface area (TPSA) is 266 Å². The first-order valence-electron chi connectivity index (χ1n) is 25.2. The van der Waals surface area contributed by atoms with Crippen molar-refractivity contribution in [2.24, 2.45) is 11.8 Å². The highest BCUT2D eigenvalue weighted by molar-refractivity contribution is 7.81. The van der Waals surface area contributed by atoms with Crippen molar-refractivity contribution in [3.05, 3.63) is 12.2 Å². The fraction of sp³-hybridized carbons (Fsp3) is 0.936. The summed E-state index contributed by atoms with van der Waals surface area (Å²) in [5.74, 6) is -2.80. The molecule has 0 aliphatic carbocycles. The standard InChI is InChI=1S/C47H70O21S2/c1-21-12-33-32(63-40(21)23(3)48)18-39-46(6,65-33)43(49)42-36(62-39)17-35-41(64-42)22(2)20-45(5)38(61-35)19-37-44(4,67-45)10-8-25-27(60-37)14-29-28(57-25)15-30-31(59-29)16-34-26(58-30)13-24(9-11-56-69(50,51)52)47(7,66-34)68-70(53,54)55/h22,24-43,49H,1,8-20H2,2-7H3,(H,50,51,52)(H,53,54,55)/t22-,24-,25-,26+,27+,28+,29-,30-,31+,32+,33-,34-,35-,36+,37-,38+,39-,40?,41+,42+,43+,44+,45-,46-,47+/m0/s1. The highest BCUT2D eigenvalue weighted by Gasteiger charge is 2.65. The Morgan fingerprint density at radius 2 is 1.23 bits per heavy atom. The van der Waals surface area contributed by atoms with Crippen LogP contribution in [0.25, 0.3) is 0 Å². The zero-order valence-corrected chi connectivity index (χ0v) is 42.2. The molecule has 1 unspecified atom stereocenters. The number of rotatable bonds is 7. The van der Waals surface area contributed by atoms with Crippen molar-refractivity contribution in [1.29, 1.82) is 0 Å². The van der Waals surface area contributed by atoms with Crippen LogP contribution in [0.4, 0.5) is 0 Å². The van der Waals surface area contributed by atoms with E-state index in [1.165, 1.54) is 13.8 Å². The maximum atomic E-state index is 12.4. The molecule has 23 heteroatoms. The van der Waals surface area contributed by atoms with Crippen molar-refractivity contribution < 1.29 is 96.3 Å². The Hall–Kier alpha value is -1.33. The van der Waals surface area contributed by atoms with Crippen molar-refractivity contribution in [1.82, 2.24) is 0 Å². The predicted molar refractivity (Wildman–Crippen MR) is 238 cm³/mol. The Balaban J connectivity index is 0.752. The fourth-order valence-corrected chi connectivity index (χ4v) is 15.6. The molecule has 0 amide bonds. The first kappa shape index (κ1) is 50.8. The van der Waals surface area contributed by atoms with E-state index in [-0.39, 0.29) is 91.7 Å². The number of ketones is 1. The van der Waals surface area contributed by atoms with Gasteiger partial charge in [0.15, 0.2) is 11.6 Å². The third-order valence-electron chi connectivity index (χ3n) is 18.0. The summed E-state index contributed by atoms with van der Waals surface area (Å²) in [5, 5.41) is 12.1. The van der Waals surface area contributed by atoms with Gasteiger partial charge in [-0.3, -0.25) is 13.9 Å². The molecule has 0 bridgehead atoms. The summed E-state index contributed by atoms with van der Waals surface area (Å²) >= 11 is 0. The number of Topliss-reactive ketones (excluding diaryl/α,β-unsaturated/α-hetero) is 1. The molecule has 0 aromatic carbocycles. The number of hydrogen-bond donors (Lipinski definition) is 3. The lowest BCUT2D eigenvalue weighted by Crippen LogP contribution is -2.73. The van der Waals surface area contributed by atoms with Crippen molar-refractivity contribution >= 4 is 26.6 Å². The Labute approximate surface area is 409 Å². The van der Waals surface area contributed by atoms with E-state index in [4.69, 9.17) is 60.8 Å². The molecule has 11 fully saturated rings. The Morgan fingerprint density at radius 3 is 1.90 bits per heavy atom. The van der Waals surface area contributed by atoms with Crippen LogP contribution < -0.4 is 0 Å². The van der Waals surface area contributed by atoms with Crippen LogP contribution in [0, 0.1) is 11.8 Å². The second-order valence-corrected chi connectivity index (χ2v) is 25.1. The Kier molecular flexibility index (Phi) is 13.0. The molecule has 11 saturated heterocycles. The molecule has 0 spiro atoms. The van der Waals surface area contributed by atoms with Gasteiger partial charge in [-0.05, 0) is 84.6 Å². The van der Waals surface area contributed by atoms with Gasteiger partial charge in [-0.25, -0.2) is 8.37 Å². The van der Waals surface area contributed by atoms with E-state index in [1.54, 1.807) is 0 Å². The van der Waals surface area contributed by atoms with Gasteiger partial charge < -0.3 is 57.2 Å². The molecule has 0 saturated carbocycles. The molecule has 11 aliphatic heterocycles. The first-order chi connectivity index (χ1) is 32.8. The molecule has 11 aliphatic rings. The van der Waals surface area contributed by atoms with Gasteiger partial charge in [0, 0.05) is 44.4 Å². The molecule has 21 nitrogen and oxygen atoms in total.